The van der Waals surface area contributed by atoms with Crippen LogP contribution in [-0.2, 0) is 0 Å². The molecule has 1 aliphatic carbocycles. The van der Waals surface area contributed by atoms with Crippen LogP contribution in [0.4, 0.5) is 0 Å². The van der Waals surface area contributed by atoms with Crippen molar-refractivity contribution < 1.29 is 4.79 Å². The van der Waals surface area contributed by atoms with Crippen molar-refractivity contribution in [3.8, 4) is 0 Å². The Morgan fingerprint density at radius 3 is 2.78 bits per heavy atom. The number of nitrogens with zero attached hydrogens (tertiary/aromatic N) is 1. The SMILES string of the molecule is CCCCN[C@@H]1c2ccccc2C(=O)N1[C@@H]1CCC[C@@H](C)[C@@H]1C. The molecule has 1 saturated carbocycles. The minimum absolute atomic E-state index is 0.0583. The van der Waals surface area contributed by atoms with Crippen LogP contribution in [0.2, 0.25) is 0 Å². The zero-order chi connectivity index (χ0) is 16.4. The molecule has 1 aromatic rings. The molecule has 1 fully saturated rings. The van der Waals surface area contributed by atoms with Crippen LogP contribution < -0.4 is 5.32 Å². The fourth-order valence-electron chi connectivity index (χ4n) is 4.25. The Bertz CT molecular complexity index is 556. The molecule has 0 saturated heterocycles. The fraction of sp³-hybridized carbons (Fsp3) is 0.650. The van der Waals surface area contributed by atoms with E-state index in [2.05, 4.69) is 43.1 Å². The number of carbonyl (C=O) groups excluding carboxylic acids is 1. The number of hydrogen-bond donors (Lipinski definition) is 1. The second-order valence-corrected chi connectivity index (χ2v) is 7.34. The molecule has 1 aromatic carbocycles. The topological polar surface area (TPSA) is 32.3 Å². The summed E-state index contributed by atoms with van der Waals surface area (Å²) in [6, 6.07) is 8.50. The van der Waals surface area contributed by atoms with Crippen molar-refractivity contribution in [2.45, 2.75) is 65.1 Å². The first-order valence-electron chi connectivity index (χ1n) is 9.30. The Balaban J connectivity index is 1.89. The Hall–Kier alpha value is -1.35. The van der Waals surface area contributed by atoms with Crippen LogP contribution in [0, 0.1) is 11.8 Å². The molecule has 0 radical (unpaired) electrons. The van der Waals surface area contributed by atoms with Crippen LogP contribution in [0.5, 0.6) is 0 Å². The summed E-state index contributed by atoms with van der Waals surface area (Å²) in [5.41, 5.74) is 2.06. The molecule has 126 valence electrons. The molecular weight excluding hydrogens is 284 g/mol. The molecule has 1 heterocycles. The predicted molar refractivity (Wildman–Crippen MR) is 94.2 cm³/mol. The number of unbranched alkanes of at least 4 members (excludes halogenated alkanes) is 1. The van der Waals surface area contributed by atoms with Crippen molar-refractivity contribution in [3.05, 3.63) is 35.4 Å². The van der Waals surface area contributed by atoms with Gasteiger partial charge in [0.1, 0.15) is 6.17 Å². The van der Waals surface area contributed by atoms with Gasteiger partial charge in [0.2, 0.25) is 0 Å². The molecule has 2 aliphatic rings. The van der Waals surface area contributed by atoms with E-state index in [1.807, 2.05) is 12.1 Å². The number of rotatable bonds is 5. The number of fused-ring (bicyclic) bond motifs is 1. The van der Waals surface area contributed by atoms with Crippen molar-refractivity contribution in [1.29, 1.82) is 0 Å². The zero-order valence-corrected chi connectivity index (χ0v) is 14.7. The van der Waals surface area contributed by atoms with Crippen molar-refractivity contribution in [1.82, 2.24) is 10.2 Å². The van der Waals surface area contributed by atoms with Gasteiger partial charge in [0.05, 0.1) is 0 Å². The number of carbonyl (C=O) groups is 1. The maximum Gasteiger partial charge on any atom is 0.256 e. The van der Waals surface area contributed by atoms with Gasteiger partial charge in [0, 0.05) is 17.2 Å². The lowest BCUT2D eigenvalue weighted by atomic mass is 9.77. The molecule has 0 spiro atoms. The summed E-state index contributed by atoms with van der Waals surface area (Å²) in [5, 5.41) is 3.66. The number of nitrogens with one attached hydrogen (secondary N) is 1. The van der Waals surface area contributed by atoms with Crippen LogP contribution in [-0.4, -0.2) is 23.4 Å². The molecule has 3 heteroatoms. The molecule has 0 bridgehead atoms. The number of benzene rings is 1. The van der Waals surface area contributed by atoms with E-state index in [1.165, 1.54) is 24.8 Å². The second kappa shape index (κ2) is 7.04. The summed E-state index contributed by atoms with van der Waals surface area (Å²) >= 11 is 0. The van der Waals surface area contributed by atoms with Gasteiger partial charge in [0.15, 0.2) is 0 Å². The molecule has 23 heavy (non-hydrogen) atoms. The van der Waals surface area contributed by atoms with E-state index in [-0.39, 0.29) is 12.1 Å². The Morgan fingerprint density at radius 1 is 1.22 bits per heavy atom. The lowest BCUT2D eigenvalue weighted by molar-refractivity contribution is 0.0321. The average Bonchev–Trinajstić information content (AvgIpc) is 2.84. The van der Waals surface area contributed by atoms with E-state index in [4.69, 9.17) is 0 Å². The van der Waals surface area contributed by atoms with E-state index in [1.54, 1.807) is 0 Å². The highest BCUT2D eigenvalue weighted by Crippen LogP contribution is 2.41. The number of hydrogen-bond acceptors (Lipinski definition) is 2. The van der Waals surface area contributed by atoms with Gasteiger partial charge in [-0.05, 0) is 37.3 Å². The third-order valence-corrected chi connectivity index (χ3v) is 5.89. The molecule has 1 N–H and O–H groups in total. The molecule has 4 atom stereocenters. The normalized spacial score (nSPS) is 30.6. The molecule has 1 amide bonds. The summed E-state index contributed by atoms with van der Waals surface area (Å²) in [6.07, 6.45) is 6.04. The summed E-state index contributed by atoms with van der Waals surface area (Å²) in [5.74, 6) is 1.49. The standard InChI is InChI=1S/C20H30N2O/c1-4-5-13-21-19-16-10-6-7-11-17(16)20(23)22(19)18-12-8-9-14(2)15(18)3/h6-7,10-11,14-15,18-19,21H,4-5,8-9,12-13H2,1-3H3/t14-,15+,18-,19+/m1/s1. The smallest absolute Gasteiger partial charge is 0.256 e. The van der Waals surface area contributed by atoms with Gasteiger partial charge in [-0.15, -0.1) is 0 Å². The molecule has 3 nitrogen and oxygen atoms in total. The fourth-order valence-corrected chi connectivity index (χ4v) is 4.25. The molecule has 0 aromatic heterocycles. The van der Waals surface area contributed by atoms with Crippen molar-refractivity contribution >= 4 is 5.91 Å². The van der Waals surface area contributed by atoms with Gasteiger partial charge in [-0.3, -0.25) is 10.1 Å². The van der Waals surface area contributed by atoms with Gasteiger partial charge in [-0.25, -0.2) is 0 Å². The summed E-state index contributed by atoms with van der Waals surface area (Å²) in [7, 11) is 0. The zero-order valence-electron chi connectivity index (χ0n) is 14.7. The maximum atomic E-state index is 13.1. The van der Waals surface area contributed by atoms with E-state index in [0.29, 0.717) is 17.9 Å². The lowest BCUT2D eigenvalue weighted by Gasteiger charge is -2.42. The molecular formula is C20H30N2O. The highest BCUT2D eigenvalue weighted by molar-refractivity contribution is 5.99. The molecule has 3 rings (SSSR count). The van der Waals surface area contributed by atoms with E-state index < -0.39 is 0 Å². The summed E-state index contributed by atoms with van der Waals surface area (Å²) in [6.45, 7) is 7.84. The van der Waals surface area contributed by atoms with Crippen LogP contribution >= 0.6 is 0 Å². The van der Waals surface area contributed by atoms with Crippen LogP contribution in [0.1, 0.15) is 75.0 Å². The summed E-state index contributed by atoms with van der Waals surface area (Å²) in [4.78, 5) is 15.2. The van der Waals surface area contributed by atoms with Gasteiger partial charge < -0.3 is 4.90 Å². The molecule has 1 aliphatic heterocycles. The quantitative estimate of drug-likeness (QED) is 0.819. The monoisotopic (exact) mass is 314 g/mol. The van der Waals surface area contributed by atoms with Gasteiger partial charge in [-0.1, -0.05) is 58.2 Å². The first kappa shape index (κ1) is 16.5. The minimum Gasteiger partial charge on any atom is -0.316 e. The summed E-state index contributed by atoms with van der Waals surface area (Å²) < 4.78 is 0. The van der Waals surface area contributed by atoms with E-state index in [0.717, 1.165) is 24.9 Å². The van der Waals surface area contributed by atoms with E-state index in [9.17, 15) is 4.79 Å². The van der Waals surface area contributed by atoms with Crippen molar-refractivity contribution in [3.63, 3.8) is 0 Å². The first-order valence-corrected chi connectivity index (χ1v) is 9.30. The highest BCUT2D eigenvalue weighted by atomic mass is 16.2. The molecule has 0 unspecified atom stereocenters. The van der Waals surface area contributed by atoms with Gasteiger partial charge >= 0.3 is 0 Å². The van der Waals surface area contributed by atoms with Crippen LogP contribution in [0.15, 0.2) is 24.3 Å². The number of amides is 1. The Morgan fingerprint density at radius 2 is 2.00 bits per heavy atom. The average molecular weight is 314 g/mol. The second-order valence-electron chi connectivity index (χ2n) is 7.34. The van der Waals surface area contributed by atoms with Gasteiger partial charge in [-0.2, -0.15) is 0 Å². The Kier molecular flexibility index (Phi) is 5.05. The Labute approximate surface area is 140 Å². The third-order valence-electron chi connectivity index (χ3n) is 5.89. The largest absolute Gasteiger partial charge is 0.316 e. The van der Waals surface area contributed by atoms with E-state index >= 15 is 0 Å². The van der Waals surface area contributed by atoms with Crippen molar-refractivity contribution in [2.75, 3.05) is 6.54 Å². The predicted octanol–water partition coefficient (Wildman–Crippen LogP) is 4.36. The third kappa shape index (κ3) is 3.03. The first-order chi connectivity index (χ1) is 11.1. The van der Waals surface area contributed by atoms with Crippen LogP contribution in [0.3, 0.4) is 0 Å². The highest BCUT2D eigenvalue weighted by Gasteiger charge is 2.43. The van der Waals surface area contributed by atoms with Crippen molar-refractivity contribution in [2.24, 2.45) is 11.8 Å². The van der Waals surface area contributed by atoms with Crippen LogP contribution in [0.25, 0.3) is 0 Å². The van der Waals surface area contributed by atoms with Gasteiger partial charge in [0.25, 0.3) is 5.91 Å². The lowest BCUT2D eigenvalue weighted by Crippen LogP contribution is -2.49. The maximum absolute atomic E-state index is 13.1. The minimum atomic E-state index is 0.0583.